The summed E-state index contributed by atoms with van der Waals surface area (Å²) in [5, 5.41) is 0. The van der Waals surface area contributed by atoms with Crippen LogP contribution in [0.5, 0.6) is 0 Å². The van der Waals surface area contributed by atoms with Crippen LogP contribution in [-0.2, 0) is 26.1 Å². The molecule has 160 valence electrons. The molecule has 0 unspecified atom stereocenters. The van der Waals surface area contributed by atoms with E-state index in [1.54, 1.807) is 32.9 Å². The fraction of sp³-hybridized carbons (Fsp3) is 0.364. The highest BCUT2D eigenvalue weighted by atomic mass is 32.2. The molecule has 0 bridgehead atoms. The van der Waals surface area contributed by atoms with Crippen LogP contribution in [0.4, 0.5) is 0 Å². The van der Waals surface area contributed by atoms with E-state index in [4.69, 9.17) is 4.74 Å². The van der Waals surface area contributed by atoms with Gasteiger partial charge in [-0.25, -0.2) is 13.4 Å². The number of benzene rings is 2. The molecular formula is C22H27N3O4S. The number of nitrogens with one attached hydrogen (secondary N) is 1. The summed E-state index contributed by atoms with van der Waals surface area (Å²) < 4.78 is 35.0. The van der Waals surface area contributed by atoms with Crippen molar-refractivity contribution in [1.82, 2.24) is 14.3 Å². The number of hydrogen-bond acceptors (Lipinski definition) is 5. The molecule has 0 saturated heterocycles. The predicted molar refractivity (Wildman–Crippen MR) is 116 cm³/mol. The van der Waals surface area contributed by atoms with Gasteiger partial charge in [-0.2, -0.15) is 4.72 Å². The molecule has 0 aliphatic heterocycles. The second-order valence-electron chi connectivity index (χ2n) is 8.25. The summed E-state index contributed by atoms with van der Waals surface area (Å²) in [6.45, 7) is 9.18. The summed E-state index contributed by atoms with van der Waals surface area (Å²) in [6, 6.07) is 13.5. The van der Waals surface area contributed by atoms with E-state index in [1.165, 1.54) is 19.1 Å². The molecule has 3 rings (SSSR count). The van der Waals surface area contributed by atoms with E-state index >= 15 is 0 Å². The van der Waals surface area contributed by atoms with E-state index < -0.39 is 27.6 Å². The molecule has 1 aromatic heterocycles. The predicted octanol–water partition coefficient (Wildman–Crippen LogP) is 3.40. The van der Waals surface area contributed by atoms with Gasteiger partial charge in [0.2, 0.25) is 10.0 Å². The van der Waals surface area contributed by atoms with Crippen LogP contribution in [0.2, 0.25) is 0 Å². The molecule has 2 aromatic carbocycles. The van der Waals surface area contributed by atoms with Crippen LogP contribution in [0.25, 0.3) is 11.0 Å². The molecule has 1 N–H and O–H groups in total. The molecule has 0 fully saturated rings. The lowest BCUT2D eigenvalue weighted by Crippen LogP contribution is -2.42. The molecule has 1 heterocycles. The number of aromatic nitrogens is 2. The Bertz CT molecular complexity index is 1160. The third-order valence-corrected chi connectivity index (χ3v) is 6.07. The molecule has 0 spiro atoms. The summed E-state index contributed by atoms with van der Waals surface area (Å²) in [5.41, 5.74) is 2.21. The van der Waals surface area contributed by atoms with E-state index in [0.717, 1.165) is 22.4 Å². The maximum Gasteiger partial charge on any atom is 0.324 e. The molecule has 0 aliphatic carbocycles. The lowest BCUT2D eigenvalue weighted by atomic mass is 10.2. The van der Waals surface area contributed by atoms with Gasteiger partial charge in [-0.3, -0.25) is 4.79 Å². The van der Waals surface area contributed by atoms with Crippen molar-refractivity contribution in [2.75, 3.05) is 0 Å². The topological polar surface area (TPSA) is 90.3 Å². The quantitative estimate of drug-likeness (QED) is 0.607. The highest BCUT2D eigenvalue weighted by Gasteiger charge is 2.26. The number of carbonyl (C=O) groups excluding carboxylic acids is 1. The van der Waals surface area contributed by atoms with Gasteiger partial charge in [0.1, 0.15) is 17.5 Å². The van der Waals surface area contributed by atoms with Crippen LogP contribution in [0.1, 0.15) is 39.1 Å². The first-order valence-corrected chi connectivity index (χ1v) is 11.2. The van der Waals surface area contributed by atoms with Crippen molar-refractivity contribution in [3.63, 3.8) is 0 Å². The van der Waals surface area contributed by atoms with Gasteiger partial charge in [0.05, 0.1) is 15.9 Å². The number of nitrogens with zero attached hydrogens (tertiary/aromatic N) is 2. The number of para-hydroxylation sites is 2. The Kier molecular flexibility index (Phi) is 6.01. The van der Waals surface area contributed by atoms with Crippen molar-refractivity contribution >= 4 is 27.0 Å². The average Bonchev–Trinajstić information content (AvgIpc) is 2.96. The van der Waals surface area contributed by atoms with Crippen LogP contribution >= 0.6 is 0 Å². The van der Waals surface area contributed by atoms with Gasteiger partial charge < -0.3 is 9.30 Å². The zero-order valence-corrected chi connectivity index (χ0v) is 18.7. The molecule has 3 aromatic rings. The van der Waals surface area contributed by atoms with Crippen molar-refractivity contribution in [2.45, 2.75) is 57.7 Å². The zero-order chi connectivity index (χ0) is 22.1. The number of esters is 1. The molecular weight excluding hydrogens is 402 g/mol. The summed E-state index contributed by atoms with van der Waals surface area (Å²) in [7, 11) is -3.85. The van der Waals surface area contributed by atoms with Crippen LogP contribution in [-0.4, -0.2) is 35.6 Å². The van der Waals surface area contributed by atoms with Crippen molar-refractivity contribution in [1.29, 1.82) is 0 Å². The number of rotatable bonds is 6. The van der Waals surface area contributed by atoms with Crippen molar-refractivity contribution in [3.05, 3.63) is 59.9 Å². The van der Waals surface area contributed by atoms with Gasteiger partial charge in [-0.05, 0) is 64.4 Å². The molecule has 0 aliphatic rings. The first kappa shape index (κ1) is 22.0. The van der Waals surface area contributed by atoms with Gasteiger partial charge in [0.15, 0.2) is 0 Å². The van der Waals surface area contributed by atoms with Crippen LogP contribution in [0.15, 0.2) is 53.4 Å². The van der Waals surface area contributed by atoms with Gasteiger partial charge in [-0.1, -0.05) is 24.3 Å². The maximum atomic E-state index is 12.6. The SMILES string of the molecule is Cc1nc2ccccc2n1Cc1ccc(S(=O)(=O)N[C@@H](C)C(=O)OC(C)(C)C)cc1. The van der Waals surface area contributed by atoms with E-state index in [0.29, 0.717) is 6.54 Å². The Labute approximate surface area is 177 Å². The molecule has 30 heavy (non-hydrogen) atoms. The summed E-state index contributed by atoms with van der Waals surface area (Å²) >= 11 is 0. The third-order valence-electron chi connectivity index (χ3n) is 4.51. The van der Waals surface area contributed by atoms with Crippen LogP contribution < -0.4 is 4.72 Å². The number of aryl methyl sites for hydroxylation is 1. The fourth-order valence-electron chi connectivity index (χ4n) is 3.09. The van der Waals surface area contributed by atoms with E-state index in [-0.39, 0.29) is 4.90 Å². The molecule has 0 radical (unpaired) electrons. The first-order chi connectivity index (χ1) is 14.0. The standard InChI is InChI=1S/C22H27N3O4S/c1-15(21(26)29-22(3,4)5)24-30(27,28)18-12-10-17(11-13-18)14-25-16(2)23-19-8-6-7-9-20(19)25/h6-13,15,24H,14H2,1-5H3/t15-/m0/s1. The Balaban J connectivity index is 1.74. The Hall–Kier alpha value is -2.71. The largest absolute Gasteiger partial charge is 0.459 e. The van der Waals surface area contributed by atoms with Gasteiger partial charge in [0, 0.05) is 6.54 Å². The smallest absolute Gasteiger partial charge is 0.324 e. The number of ether oxygens (including phenoxy) is 1. The van der Waals surface area contributed by atoms with E-state index in [2.05, 4.69) is 14.3 Å². The van der Waals surface area contributed by atoms with Gasteiger partial charge in [-0.15, -0.1) is 0 Å². The average molecular weight is 430 g/mol. The number of hydrogen-bond donors (Lipinski definition) is 1. The zero-order valence-electron chi connectivity index (χ0n) is 17.8. The van der Waals surface area contributed by atoms with Crippen molar-refractivity contribution in [2.24, 2.45) is 0 Å². The monoisotopic (exact) mass is 429 g/mol. The first-order valence-electron chi connectivity index (χ1n) is 9.72. The second kappa shape index (κ2) is 8.20. The Morgan fingerprint density at radius 3 is 2.40 bits per heavy atom. The number of fused-ring (bicyclic) bond motifs is 1. The van der Waals surface area contributed by atoms with Gasteiger partial charge in [0.25, 0.3) is 0 Å². The minimum atomic E-state index is -3.85. The lowest BCUT2D eigenvalue weighted by Gasteiger charge is -2.22. The molecule has 0 amide bonds. The normalized spacial score (nSPS) is 13.4. The van der Waals surface area contributed by atoms with Crippen molar-refractivity contribution in [3.8, 4) is 0 Å². The van der Waals surface area contributed by atoms with Crippen molar-refractivity contribution < 1.29 is 17.9 Å². The minimum absolute atomic E-state index is 0.0915. The molecule has 7 nitrogen and oxygen atoms in total. The molecule has 0 saturated carbocycles. The number of carbonyl (C=O) groups is 1. The Morgan fingerprint density at radius 1 is 1.13 bits per heavy atom. The number of imidazole rings is 1. The van der Waals surface area contributed by atoms with E-state index in [1.807, 2.05) is 31.2 Å². The molecule has 1 atom stereocenters. The fourth-order valence-corrected chi connectivity index (χ4v) is 4.28. The van der Waals surface area contributed by atoms with Gasteiger partial charge >= 0.3 is 5.97 Å². The minimum Gasteiger partial charge on any atom is -0.459 e. The lowest BCUT2D eigenvalue weighted by molar-refractivity contribution is -0.156. The van der Waals surface area contributed by atoms with Crippen LogP contribution in [0.3, 0.4) is 0 Å². The van der Waals surface area contributed by atoms with E-state index in [9.17, 15) is 13.2 Å². The molecule has 8 heteroatoms. The Morgan fingerprint density at radius 2 is 1.77 bits per heavy atom. The summed E-state index contributed by atoms with van der Waals surface area (Å²) in [6.07, 6.45) is 0. The maximum absolute atomic E-state index is 12.6. The highest BCUT2D eigenvalue weighted by Crippen LogP contribution is 2.19. The number of sulfonamides is 1. The highest BCUT2D eigenvalue weighted by molar-refractivity contribution is 7.89. The third kappa shape index (κ3) is 5.06. The summed E-state index contributed by atoms with van der Waals surface area (Å²) in [4.78, 5) is 16.7. The van der Waals surface area contributed by atoms with Crippen LogP contribution in [0, 0.1) is 6.92 Å². The summed E-state index contributed by atoms with van der Waals surface area (Å²) in [5.74, 6) is 0.269. The second-order valence-corrected chi connectivity index (χ2v) is 9.97.